The fraction of sp³-hybridized carbons (Fsp3) is 0.250. The molecule has 2 rings (SSSR count). The fourth-order valence-electron chi connectivity index (χ4n) is 1.87. The van der Waals surface area contributed by atoms with Crippen LogP contribution in [0.1, 0.15) is 18.1 Å². The third-order valence-electron chi connectivity index (χ3n) is 2.82. The molecule has 2 aromatic rings. The summed E-state index contributed by atoms with van der Waals surface area (Å²) in [7, 11) is 0. The van der Waals surface area contributed by atoms with Gasteiger partial charge < -0.3 is 10.1 Å². The van der Waals surface area contributed by atoms with Gasteiger partial charge in [-0.1, -0.05) is 24.6 Å². The van der Waals surface area contributed by atoms with Crippen molar-refractivity contribution in [2.45, 2.75) is 20.4 Å². The summed E-state index contributed by atoms with van der Waals surface area (Å²) in [5.41, 5.74) is 1.87. The van der Waals surface area contributed by atoms with E-state index < -0.39 is 0 Å². The number of nitrogens with one attached hydrogen (secondary N) is 1. The maximum atomic E-state index is 13.6. The van der Waals surface area contributed by atoms with Crippen LogP contribution in [0.2, 0.25) is 5.02 Å². The van der Waals surface area contributed by atoms with E-state index in [9.17, 15) is 4.39 Å². The molecule has 1 N–H and O–H groups in total. The number of aryl methyl sites for hydroxylation is 1. The van der Waals surface area contributed by atoms with Gasteiger partial charge in [0, 0.05) is 12.6 Å². The molecule has 0 aliphatic carbocycles. The molecule has 0 fully saturated rings. The number of hydrogen-bond acceptors (Lipinski definition) is 2. The van der Waals surface area contributed by atoms with Crippen molar-refractivity contribution in [2.24, 2.45) is 0 Å². The van der Waals surface area contributed by atoms with Crippen LogP contribution in [-0.2, 0) is 6.54 Å². The van der Waals surface area contributed by atoms with Crippen molar-refractivity contribution in [2.75, 3.05) is 6.54 Å². The van der Waals surface area contributed by atoms with Gasteiger partial charge in [0.05, 0.1) is 5.02 Å². The molecule has 0 aliphatic heterocycles. The van der Waals surface area contributed by atoms with Crippen LogP contribution in [0.3, 0.4) is 0 Å². The summed E-state index contributed by atoms with van der Waals surface area (Å²) in [6, 6.07) is 10.2. The second kappa shape index (κ2) is 6.73. The molecule has 20 heavy (non-hydrogen) atoms. The first-order valence-corrected chi connectivity index (χ1v) is 6.90. The highest BCUT2D eigenvalue weighted by atomic mass is 35.5. The van der Waals surface area contributed by atoms with Crippen LogP contribution in [-0.4, -0.2) is 6.54 Å². The van der Waals surface area contributed by atoms with Crippen molar-refractivity contribution in [3.8, 4) is 11.5 Å². The predicted octanol–water partition coefficient (Wildman–Crippen LogP) is 4.69. The molecule has 0 radical (unpaired) electrons. The highest BCUT2D eigenvalue weighted by molar-refractivity contribution is 6.32. The van der Waals surface area contributed by atoms with Crippen molar-refractivity contribution in [1.82, 2.24) is 5.32 Å². The molecule has 0 atom stereocenters. The Labute approximate surface area is 123 Å². The summed E-state index contributed by atoms with van der Waals surface area (Å²) < 4.78 is 19.3. The smallest absolute Gasteiger partial charge is 0.146 e. The van der Waals surface area contributed by atoms with Crippen LogP contribution in [0.25, 0.3) is 0 Å². The summed E-state index contributed by atoms with van der Waals surface area (Å²) in [5, 5.41) is 3.66. The molecular formula is C16H17ClFNO. The third kappa shape index (κ3) is 3.95. The van der Waals surface area contributed by atoms with E-state index in [-0.39, 0.29) is 5.82 Å². The zero-order chi connectivity index (χ0) is 14.5. The molecule has 0 aliphatic rings. The SMILES string of the molecule is CCNCc1cc(F)cc(Oc2cc(C)ccc2Cl)c1. The van der Waals surface area contributed by atoms with Gasteiger partial charge in [0.1, 0.15) is 17.3 Å². The van der Waals surface area contributed by atoms with Gasteiger partial charge in [-0.25, -0.2) is 4.39 Å². The second-order valence-corrected chi connectivity index (χ2v) is 5.02. The van der Waals surface area contributed by atoms with Gasteiger partial charge in [0.15, 0.2) is 0 Å². The highest BCUT2D eigenvalue weighted by Crippen LogP contribution is 2.31. The van der Waals surface area contributed by atoms with Crippen molar-refractivity contribution < 1.29 is 9.13 Å². The zero-order valence-electron chi connectivity index (χ0n) is 11.5. The fourth-order valence-corrected chi connectivity index (χ4v) is 2.02. The molecule has 106 valence electrons. The van der Waals surface area contributed by atoms with Crippen molar-refractivity contribution in [3.05, 3.63) is 58.4 Å². The van der Waals surface area contributed by atoms with Gasteiger partial charge in [-0.05, 0) is 48.9 Å². The lowest BCUT2D eigenvalue weighted by Gasteiger charge is -2.10. The molecule has 0 saturated carbocycles. The van der Waals surface area contributed by atoms with Crippen LogP contribution in [0.5, 0.6) is 11.5 Å². The number of hydrogen-bond donors (Lipinski definition) is 1. The van der Waals surface area contributed by atoms with Crippen LogP contribution in [0, 0.1) is 12.7 Å². The molecule has 2 aromatic carbocycles. The lowest BCUT2D eigenvalue weighted by Crippen LogP contribution is -2.11. The lowest BCUT2D eigenvalue weighted by molar-refractivity contribution is 0.475. The largest absolute Gasteiger partial charge is 0.456 e. The van der Waals surface area contributed by atoms with Gasteiger partial charge in [-0.15, -0.1) is 0 Å². The van der Waals surface area contributed by atoms with Gasteiger partial charge in [-0.2, -0.15) is 0 Å². The minimum Gasteiger partial charge on any atom is -0.456 e. The second-order valence-electron chi connectivity index (χ2n) is 4.61. The Kier molecular flexibility index (Phi) is 4.99. The van der Waals surface area contributed by atoms with E-state index in [0.29, 0.717) is 23.1 Å². The highest BCUT2D eigenvalue weighted by Gasteiger charge is 2.06. The first-order chi connectivity index (χ1) is 9.58. The molecule has 0 heterocycles. The number of rotatable bonds is 5. The number of halogens is 2. The van der Waals surface area contributed by atoms with E-state index in [4.69, 9.17) is 16.3 Å². The maximum absolute atomic E-state index is 13.6. The van der Waals surface area contributed by atoms with E-state index in [1.54, 1.807) is 6.07 Å². The monoisotopic (exact) mass is 293 g/mol. The minimum atomic E-state index is -0.320. The Hall–Kier alpha value is -1.58. The summed E-state index contributed by atoms with van der Waals surface area (Å²) in [4.78, 5) is 0. The topological polar surface area (TPSA) is 21.3 Å². The molecule has 0 amide bonds. The molecule has 0 spiro atoms. The van der Waals surface area contributed by atoms with E-state index in [2.05, 4.69) is 5.32 Å². The minimum absolute atomic E-state index is 0.320. The van der Waals surface area contributed by atoms with Crippen LogP contribution >= 0.6 is 11.6 Å². The van der Waals surface area contributed by atoms with Crippen molar-refractivity contribution >= 4 is 11.6 Å². The quantitative estimate of drug-likeness (QED) is 0.863. The first kappa shape index (κ1) is 14.8. The molecule has 0 unspecified atom stereocenters. The van der Waals surface area contributed by atoms with Crippen molar-refractivity contribution in [3.63, 3.8) is 0 Å². The summed E-state index contributed by atoms with van der Waals surface area (Å²) in [6.07, 6.45) is 0. The van der Waals surface area contributed by atoms with Crippen LogP contribution in [0.4, 0.5) is 4.39 Å². The summed E-state index contributed by atoms with van der Waals surface area (Å²) >= 11 is 6.08. The summed E-state index contributed by atoms with van der Waals surface area (Å²) in [5.74, 6) is 0.663. The molecule has 4 heteroatoms. The standard InChI is InChI=1S/C16H17ClFNO/c1-3-19-10-12-7-13(18)9-14(8-12)20-16-6-11(2)4-5-15(16)17/h4-9,19H,3,10H2,1-2H3. The van der Waals surface area contributed by atoms with Crippen LogP contribution < -0.4 is 10.1 Å². The summed E-state index contributed by atoms with van der Waals surface area (Å²) in [6.45, 7) is 5.39. The predicted molar refractivity (Wildman–Crippen MR) is 80.0 cm³/mol. The average molecular weight is 294 g/mol. The molecule has 2 nitrogen and oxygen atoms in total. The molecule has 0 saturated heterocycles. The molecule has 0 aromatic heterocycles. The van der Waals surface area contributed by atoms with E-state index in [1.807, 2.05) is 32.0 Å². The van der Waals surface area contributed by atoms with Crippen molar-refractivity contribution in [1.29, 1.82) is 0 Å². The van der Waals surface area contributed by atoms with Gasteiger partial charge in [-0.3, -0.25) is 0 Å². The Morgan fingerprint density at radius 2 is 2.00 bits per heavy atom. The van der Waals surface area contributed by atoms with Crippen LogP contribution in [0.15, 0.2) is 36.4 Å². The maximum Gasteiger partial charge on any atom is 0.146 e. The molecule has 0 bridgehead atoms. The Morgan fingerprint density at radius 1 is 1.20 bits per heavy atom. The Morgan fingerprint density at radius 3 is 2.75 bits per heavy atom. The first-order valence-electron chi connectivity index (χ1n) is 6.52. The normalized spacial score (nSPS) is 10.6. The Bertz CT molecular complexity index is 601. The van der Waals surface area contributed by atoms with E-state index in [0.717, 1.165) is 17.7 Å². The number of benzene rings is 2. The third-order valence-corrected chi connectivity index (χ3v) is 3.14. The lowest BCUT2D eigenvalue weighted by atomic mass is 10.2. The average Bonchev–Trinajstić information content (AvgIpc) is 2.40. The Balaban J connectivity index is 2.24. The number of ether oxygens (including phenoxy) is 1. The van der Waals surface area contributed by atoms with E-state index in [1.165, 1.54) is 12.1 Å². The van der Waals surface area contributed by atoms with Gasteiger partial charge >= 0.3 is 0 Å². The van der Waals surface area contributed by atoms with Gasteiger partial charge in [0.25, 0.3) is 0 Å². The van der Waals surface area contributed by atoms with E-state index >= 15 is 0 Å². The zero-order valence-corrected chi connectivity index (χ0v) is 12.3. The molecular weight excluding hydrogens is 277 g/mol. The van der Waals surface area contributed by atoms with Gasteiger partial charge in [0.2, 0.25) is 0 Å².